The Morgan fingerprint density at radius 1 is 1.30 bits per heavy atom. The largest absolute Gasteiger partial charge is 0.481 e. The fraction of sp³-hybridized carbons (Fsp3) is 0.667. The van der Waals surface area contributed by atoms with Gasteiger partial charge in [0.05, 0.1) is 12.1 Å². The molecule has 20 heavy (non-hydrogen) atoms. The van der Waals surface area contributed by atoms with Crippen LogP contribution in [0.3, 0.4) is 0 Å². The van der Waals surface area contributed by atoms with Gasteiger partial charge in [-0.2, -0.15) is 11.8 Å². The van der Waals surface area contributed by atoms with E-state index in [0.717, 1.165) is 25.0 Å². The smallest absolute Gasteiger partial charge is 0.315 e. The first-order valence-corrected chi connectivity index (χ1v) is 7.12. The van der Waals surface area contributed by atoms with Crippen LogP contribution in [0.5, 0.6) is 0 Å². The first-order chi connectivity index (χ1) is 8.66. The van der Waals surface area contributed by atoms with Crippen LogP contribution in [0, 0.1) is 0 Å². The Morgan fingerprint density at radius 2 is 1.95 bits per heavy atom. The Labute approximate surface area is 124 Å². The highest BCUT2D eigenvalue weighted by atomic mass is 32.2. The third-order valence-corrected chi connectivity index (χ3v) is 4.58. The molecular formula is C12H26N4O3S. The molecule has 2 heterocycles. The van der Waals surface area contributed by atoms with Gasteiger partial charge in [-0.05, 0) is 12.8 Å². The highest BCUT2D eigenvalue weighted by molar-refractivity contribution is 8.00. The molecule has 2 fully saturated rings. The van der Waals surface area contributed by atoms with E-state index >= 15 is 0 Å². The van der Waals surface area contributed by atoms with Crippen LogP contribution in [-0.2, 0) is 4.79 Å². The van der Waals surface area contributed by atoms with E-state index in [0.29, 0.717) is 5.25 Å². The van der Waals surface area contributed by atoms with E-state index in [9.17, 15) is 9.59 Å². The molecule has 0 aromatic carbocycles. The van der Waals surface area contributed by atoms with Gasteiger partial charge in [-0.1, -0.05) is 6.42 Å². The molecule has 2 amide bonds. The summed E-state index contributed by atoms with van der Waals surface area (Å²) in [5.74, 6) is 0.236. The molecule has 0 aliphatic carbocycles. The quantitative estimate of drug-likeness (QED) is 0.297. The predicted octanol–water partition coefficient (Wildman–Crippen LogP) is 1.92. The van der Waals surface area contributed by atoms with E-state index in [1.165, 1.54) is 0 Å². The summed E-state index contributed by atoms with van der Waals surface area (Å²) in [6, 6.07) is 0.440. The van der Waals surface area contributed by atoms with Crippen molar-refractivity contribution in [2.45, 2.75) is 43.0 Å². The van der Waals surface area contributed by atoms with Gasteiger partial charge in [0.25, 0.3) is 0 Å². The molecule has 8 heteroatoms. The lowest BCUT2D eigenvalue weighted by molar-refractivity contribution is -0.137. The van der Waals surface area contributed by atoms with Gasteiger partial charge in [-0.25, -0.2) is 4.79 Å². The molecule has 2 rings (SSSR count). The van der Waals surface area contributed by atoms with Gasteiger partial charge in [0.15, 0.2) is 0 Å². The number of carbonyl (C=O) groups is 2. The Bertz CT molecular complexity index is 317. The molecule has 0 bridgehead atoms. The molecule has 0 spiro atoms. The van der Waals surface area contributed by atoms with E-state index in [1.807, 2.05) is 11.8 Å². The highest BCUT2D eigenvalue weighted by Gasteiger charge is 2.42. The molecule has 7 nitrogen and oxygen atoms in total. The van der Waals surface area contributed by atoms with Crippen molar-refractivity contribution in [3.05, 3.63) is 13.2 Å². The van der Waals surface area contributed by atoms with Crippen molar-refractivity contribution >= 4 is 23.8 Å². The number of carboxylic acid groups (broad SMARTS) is 1. The van der Waals surface area contributed by atoms with Crippen LogP contribution in [-0.4, -0.2) is 40.2 Å². The lowest BCUT2D eigenvalue weighted by Gasteiger charge is -2.16. The lowest BCUT2D eigenvalue weighted by atomic mass is 10.0. The minimum Gasteiger partial charge on any atom is -0.481 e. The van der Waals surface area contributed by atoms with Gasteiger partial charge < -0.3 is 28.0 Å². The zero-order valence-electron chi connectivity index (χ0n) is 11.8. The van der Waals surface area contributed by atoms with E-state index in [1.54, 1.807) is 0 Å². The van der Waals surface area contributed by atoms with Crippen LogP contribution >= 0.6 is 11.8 Å². The van der Waals surface area contributed by atoms with Gasteiger partial charge in [-0.15, -0.1) is 13.2 Å². The summed E-state index contributed by atoms with van der Waals surface area (Å²) in [6.07, 6.45) is 2.88. The molecule has 9 N–H and O–H groups in total. The molecule has 0 aromatic rings. The molecule has 2 aliphatic rings. The number of unbranched alkanes of at least 4 members (excludes halogenated alkanes) is 1. The van der Waals surface area contributed by atoms with Crippen LogP contribution in [0.4, 0.5) is 4.79 Å². The second-order valence-electron chi connectivity index (χ2n) is 4.26. The van der Waals surface area contributed by atoms with Gasteiger partial charge in [-0.3, -0.25) is 4.79 Å². The molecule has 3 atom stereocenters. The summed E-state index contributed by atoms with van der Waals surface area (Å²) in [7, 11) is 0. The normalized spacial score (nSPS) is 25.8. The standard InChI is InChI=1S/C10H16N2O3S.C2H4.2H3N/c13-8(14)4-2-1-3-7-9-6(5-16-7)11-10(15)12-9;1-2;;/h6-7,9H,1-5H2,(H,13,14)(H2,11,12,15);1-2H2;2*1H3/t6-,7-,9-;;;/m0.../s1. The number of rotatable bonds is 5. The summed E-state index contributed by atoms with van der Waals surface area (Å²) in [5, 5.41) is 14.8. The maximum atomic E-state index is 11.1. The monoisotopic (exact) mass is 306 g/mol. The van der Waals surface area contributed by atoms with Crippen molar-refractivity contribution in [2.24, 2.45) is 0 Å². The summed E-state index contributed by atoms with van der Waals surface area (Å²) in [4.78, 5) is 21.5. The number of carboxylic acids is 1. The van der Waals surface area contributed by atoms with Crippen LogP contribution in [0.2, 0.25) is 0 Å². The number of fused-ring (bicyclic) bond motifs is 1. The Hall–Kier alpha value is -1.25. The molecule has 0 unspecified atom stereocenters. The number of thioether (sulfide) groups is 1. The molecule has 118 valence electrons. The summed E-state index contributed by atoms with van der Waals surface area (Å²) >= 11 is 1.87. The topological polar surface area (TPSA) is 148 Å². The van der Waals surface area contributed by atoms with Crippen molar-refractivity contribution in [3.63, 3.8) is 0 Å². The molecule has 0 aromatic heterocycles. The van der Waals surface area contributed by atoms with Crippen LogP contribution in [0.25, 0.3) is 0 Å². The van der Waals surface area contributed by atoms with Crippen LogP contribution < -0.4 is 22.9 Å². The SMILES string of the molecule is C=C.N.N.O=C(O)CCCC[C@@H]1SC[C@@H]2NC(=O)N[C@@H]21. The van der Waals surface area contributed by atoms with Gasteiger partial charge in [0.2, 0.25) is 0 Å². The summed E-state index contributed by atoms with van der Waals surface area (Å²) < 4.78 is 0. The van der Waals surface area contributed by atoms with Crippen molar-refractivity contribution in [3.8, 4) is 0 Å². The van der Waals surface area contributed by atoms with E-state index < -0.39 is 5.97 Å². The second-order valence-corrected chi connectivity index (χ2v) is 5.53. The Morgan fingerprint density at radius 3 is 2.55 bits per heavy atom. The van der Waals surface area contributed by atoms with Crippen molar-refractivity contribution in [1.82, 2.24) is 22.9 Å². The van der Waals surface area contributed by atoms with Crippen molar-refractivity contribution in [2.75, 3.05) is 5.75 Å². The molecule has 0 radical (unpaired) electrons. The zero-order valence-corrected chi connectivity index (χ0v) is 12.6. The highest BCUT2D eigenvalue weighted by Crippen LogP contribution is 2.33. The van der Waals surface area contributed by atoms with E-state index in [4.69, 9.17) is 5.11 Å². The lowest BCUT2D eigenvalue weighted by Crippen LogP contribution is -2.36. The number of carbonyl (C=O) groups excluding carboxylic acids is 1. The van der Waals surface area contributed by atoms with Gasteiger partial charge >= 0.3 is 12.0 Å². The first-order valence-electron chi connectivity index (χ1n) is 6.07. The maximum Gasteiger partial charge on any atom is 0.315 e. The van der Waals surface area contributed by atoms with Crippen LogP contribution in [0.1, 0.15) is 25.7 Å². The van der Waals surface area contributed by atoms with Gasteiger partial charge in [0, 0.05) is 17.4 Å². The number of aliphatic carboxylic acids is 1. The van der Waals surface area contributed by atoms with Gasteiger partial charge in [0.1, 0.15) is 0 Å². The maximum absolute atomic E-state index is 11.1. The average Bonchev–Trinajstić information content (AvgIpc) is 2.87. The van der Waals surface area contributed by atoms with Crippen molar-refractivity contribution in [1.29, 1.82) is 0 Å². The molecular weight excluding hydrogens is 280 g/mol. The number of hydrogen-bond acceptors (Lipinski definition) is 5. The minimum absolute atomic E-state index is 0. The van der Waals surface area contributed by atoms with E-state index in [-0.39, 0.29) is 36.8 Å². The number of urea groups is 1. The zero-order chi connectivity index (χ0) is 13.5. The third-order valence-electron chi connectivity index (χ3n) is 3.07. The molecule has 2 saturated heterocycles. The van der Waals surface area contributed by atoms with E-state index in [2.05, 4.69) is 23.8 Å². The molecule has 0 saturated carbocycles. The predicted molar refractivity (Wildman–Crippen MR) is 82.9 cm³/mol. The summed E-state index contributed by atoms with van der Waals surface area (Å²) in [5.41, 5.74) is 0. The number of amides is 2. The third kappa shape index (κ3) is 5.81. The minimum atomic E-state index is -0.729. The fourth-order valence-electron chi connectivity index (χ4n) is 2.26. The Kier molecular flexibility index (Phi) is 11.1. The first kappa shape index (κ1) is 21.1. The molecule has 2 aliphatic heterocycles. The second kappa shape index (κ2) is 10.5. The Balaban J connectivity index is 0. The summed E-state index contributed by atoms with van der Waals surface area (Å²) in [6.45, 7) is 6.00. The van der Waals surface area contributed by atoms with Crippen LogP contribution in [0.15, 0.2) is 13.2 Å². The average molecular weight is 306 g/mol. The fourth-order valence-corrected chi connectivity index (χ4v) is 3.81. The van der Waals surface area contributed by atoms with Crippen molar-refractivity contribution < 1.29 is 14.7 Å². The number of hydrogen-bond donors (Lipinski definition) is 5. The number of nitrogens with one attached hydrogen (secondary N) is 2.